The summed E-state index contributed by atoms with van der Waals surface area (Å²) in [4.78, 5) is 16.0. The van der Waals surface area contributed by atoms with Crippen LogP contribution in [0.2, 0.25) is 0 Å². The largest absolute Gasteiger partial charge is 0.287 e. The zero-order chi connectivity index (χ0) is 13.2. The van der Waals surface area contributed by atoms with Crippen LogP contribution < -0.4 is 0 Å². The summed E-state index contributed by atoms with van der Waals surface area (Å²) in [6.45, 7) is 0.948. The van der Waals surface area contributed by atoms with Crippen molar-refractivity contribution in [1.82, 2.24) is 14.8 Å². The van der Waals surface area contributed by atoms with E-state index in [1.165, 1.54) is 24.2 Å². The highest BCUT2D eigenvalue weighted by Gasteiger charge is 2.22. The lowest BCUT2D eigenvalue weighted by atomic mass is 10.3. The fourth-order valence-electron chi connectivity index (χ4n) is 1.78. The van der Waals surface area contributed by atoms with Crippen LogP contribution in [0, 0.1) is 5.92 Å². The first-order chi connectivity index (χ1) is 9.22. The zero-order valence-electron chi connectivity index (χ0n) is 10.1. The number of allylic oxidation sites excluding steroid dienone is 1. The molecule has 1 saturated carbocycles. The maximum Gasteiger partial charge on any atom is 0.214 e. The van der Waals surface area contributed by atoms with E-state index in [9.17, 15) is 4.79 Å². The van der Waals surface area contributed by atoms with Gasteiger partial charge in [-0.25, -0.2) is 4.98 Å². The highest BCUT2D eigenvalue weighted by atomic mass is 79.9. The van der Waals surface area contributed by atoms with E-state index < -0.39 is 0 Å². The molecule has 98 valence electrons. The van der Waals surface area contributed by atoms with Crippen LogP contribution in [-0.2, 0) is 6.54 Å². The van der Waals surface area contributed by atoms with E-state index in [-0.39, 0.29) is 5.78 Å². The van der Waals surface area contributed by atoms with Crippen molar-refractivity contribution in [1.29, 1.82) is 0 Å². The summed E-state index contributed by atoms with van der Waals surface area (Å²) in [6.07, 6.45) is 7.72. The lowest BCUT2D eigenvalue weighted by molar-refractivity contribution is 0.104. The van der Waals surface area contributed by atoms with Crippen molar-refractivity contribution in [3.63, 3.8) is 0 Å². The topological polar surface area (TPSA) is 47.8 Å². The second kappa shape index (κ2) is 5.38. The number of rotatable bonds is 5. The third-order valence-electron chi connectivity index (χ3n) is 2.97. The highest BCUT2D eigenvalue weighted by Crippen LogP contribution is 2.30. The third-order valence-corrected chi connectivity index (χ3v) is 4.54. The first-order valence-electron chi connectivity index (χ1n) is 6.07. The van der Waals surface area contributed by atoms with Gasteiger partial charge in [0.05, 0.1) is 5.69 Å². The Hall–Kier alpha value is -1.27. The summed E-state index contributed by atoms with van der Waals surface area (Å²) >= 11 is 4.58. The smallest absolute Gasteiger partial charge is 0.214 e. The quantitative estimate of drug-likeness (QED) is 0.620. The van der Waals surface area contributed by atoms with Gasteiger partial charge in [0, 0.05) is 18.1 Å². The van der Waals surface area contributed by atoms with Gasteiger partial charge in [-0.3, -0.25) is 9.48 Å². The van der Waals surface area contributed by atoms with Crippen LogP contribution in [0.15, 0.2) is 28.3 Å². The minimum absolute atomic E-state index is 0.0742. The Balaban J connectivity index is 1.71. The van der Waals surface area contributed by atoms with Crippen LogP contribution in [0.1, 0.15) is 28.3 Å². The first-order valence-corrected chi connectivity index (χ1v) is 7.75. The molecule has 1 fully saturated rings. The standard InChI is InChI=1S/C13H12BrN3OS/c14-12-8-19-13(16-12)11(18)4-3-10-5-6-15-17(10)7-9-1-2-9/h3-6,8-9H,1-2,7H2/b4-3+. The van der Waals surface area contributed by atoms with Gasteiger partial charge in [0.2, 0.25) is 5.78 Å². The first kappa shape index (κ1) is 12.7. The normalized spacial score (nSPS) is 15.2. The summed E-state index contributed by atoms with van der Waals surface area (Å²) in [5, 5.41) is 6.59. The summed E-state index contributed by atoms with van der Waals surface area (Å²) < 4.78 is 2.66. The van der Waals surface area contributed by atoms with Crippen molar-refractivity contribution in [3.8, 4) is 0 Å². The summed E-state index contributed by atoms with van der Waals surface area (Å²) in [6, 6.07) is 1.92. The Bertz CT molecular complexity index is 627. The Kier molecular flexibility index (Phi) is 3.61. The van der Waals surface area contributed by atoms with Crippen molar-refractivity contribution < 1.29 is 4.79 Å². The molecule has 19 heavy (non-hydrogen) atoms. The number of hydrogen-bond acceptors (Lipinski definition) is 4. The number of hydrogen-bond donors (Lipinski definition) is 0. The molecule has 4 nitrogen and oxygen atoms in total. The molecule has 0 unspecified atom stereocenters. The van der Waals surface area contributed by atoms with Gasteiger partial charge in [-0.1, -0.05) is 0 Å². The van der Waals surface area contributed by atoms with Crippen molar-refractivity contribution in [2.24, 2.45) is 5.92 Å². The molecule has 0 bridgehead atoms. The van der Waals surface area contributed by atoms with Crippen molar-refractivity contribution in [2.75, 3.05) is 0 Å². The van der Waals surface area contributed by atoms with E-state index in [0.717, 1.165) is 18.2 Å². The van der Waals surface area contributed by atoms with Gasteiger partial charge in [-0.05, 0) is 52.9 Å². The number of halogens is 1. The van der Waals surface area contributed by atoms with E-state index >= 15 is 0 Å². The van der Waals surface area contributed by atoms with Gasteiger partial charge < -0.3 is 0 Å². The number of carbonyl (C=O) groups excluding carboxylic acids is 1. The lowest BCUT2D eigenvalue weighted by Gasteiger charge is -2.01. The average molecular weight is 338 g/mol. The van der Waals surface area contributed by atoms with E-state index in [4.69, 9.17) is 0 Å². The van der Waals surface area contributed by atoms with Crippen LogP contribution in [0.4, 0.5) is 0 Å². The van der Waals surface area contributed by atoms with Gasteiger partial charge in [-0.15, -0.1) is 11.3 Å². The zero-order valence-corrected chi connectivity index (χ0v) is 12.5. The SMILES string of the molecule is O=C(/C=C/c1ccnn1CC1CC1)c1nc(Br)cs1. The molecule has 0 N–H and O–H groups in total. The van der Waals surface area contributed by atoms with Gasteiger partial charge >= 0.3 is 0 Å². The molecule has 1 aliphatic carbocycles. The minimum atomic E-state index is -0.0742. The number of nitrogens with zero attached hydrogens (tertiary/aromatic N) is 3. The van der Waals surface area contributed by atoms with Crippen molar-refractivity contribution in [3.05, 3.63) is 39.0 Å². The number of thiazole rings is 1. The van der Waals surface area contributed by atoms with E-state index in [0.29, 0.717) is 9.61 Å². The maximum absolute atomic E-state index is 11.9. The Morgan fingerprint density at radius 2 is 2.42 bits per heavy atom. The fraction of sp³-hybridized carbons (Fsp3) is 0.308. The Labute approximate surface area is 123 Å². The summed E-state index contributed by atoms with van der Waals surface area (Å²) in [7, 11) is 0. The summed E-state index contributed by atoms with van der Waals surface area (Å²) in [5.41, 5.74) is 0.968. The molecule has 0 radical (unpaired) electrons. The fourth-order valence-corrected chi connectivity index (χ4v) is 2.95. The molecule has 0 amide bonds. The molecule has 2 heterocycles. The van der Waals surface area contributed by atoms with Gasteiger partial charge in [0.25, 0.3) is 0 Å². The van der Waals surface area contributed by atoms with Gasteiger partial charge in [0.1, 0.15) is 4.60 Å². The molecule has 2 aromatic heterocycles. The average Bonchev–Trinajstić information content (AvgIpc) is 2.92. The highest BCUT2D eigenvalue weighted by molar-refractivity contribution is 9.10. The molecular formula is C13H12BrN3OS. The monoisotopic (exact) mass is 337 g/mol. The van der Waals surface area contributed by atoms with Crippen LogP contribution in [0.25, 0.3) is 6.08 Å². The Morgan fingerprint density at radius 1 is 1.58 bits per heavy atom. The molecule has 0 saturated heterocycles. The van der Waals surface area contributed by atoms with Crippen molar-refractivity contribution in [2.45, 2.75) is 19.4 Å². The maximum atomic E-state index is 11.9. The molecule has 0 spiro atoms. The second-order valence-corrected chi connectivity index (χ2v) is 6.23. The minimum Gasteiger partial charge on any atom is -0.287 e. The van der Waals surface area contributed by atoms with Gasteiger partial charge in [0.15, 0.2) is 5.01 Å². The molecule has 0 aromatic carbocycles. The second-order valence-electron chi connectivity index (χ2n) is 4.55. The van der Waals surface area contributed by atoms with Gasteiger partial charge in [-0.2, -0.15) is 5.10 Å². The van der Waals surface area contributed by atoms with Crippen LogP contribution in [0.5, 0.6) is 0 Å². The summed E-state index contributed by atoms with van der Waals surface area (Å²) in [5.74, 6) is 0.688. The number of carbonyl (C=O) groups is 1. The lowest BCUT2D eigenvalue weighted by Crippen LogP contribution is -2.03. The van der Waals surface area contributed by atoms with E-state index in [1.807, 2.05) is 16.8 Å². The van der Waals surface area contributed by atoms with Crippen molar-refractivity contribution >= 4 is 39.1 Å². The van der Waals surface area contributed by atoms with E-state index in [1.54, 1.807) is 17.7 Å². The molecule has 3 rings (SSSR count). The van der Waals surface area contributed by atoms with Crippen LogP contribution in [-0.4, -0.2) is 20.5 Å². The molecule has 0 aliphatic heterocycles. The predicted molar refractivity (Wildman–Crippen MR) is 78.1 cm³/mol. The molecule has 0 atom stereocenters. The van der Waals surface area contributed by atoms with Crippen LogP contribution >= 0.6 is 27.3 Å². The number of ketones is 1. The molecular weight excluding hydrogens is 326 g/mol. The Morgan fingerprint density at radius 3 is 3.11 bits per heavy atom. The third kappa shape index (κ3) is 3.19. The predicted octanol–water partition coefficient (Wildman–Crippen LogP) is 3.41. The molecule has 1 aliphatic rings. The van der Waals surface area contributed by atoms with Crippen LogP contribution in [0.3, 0.4) is 0 Å². The van der Waals surface area contributed by atoms with E-state index in [2.05, 4.69) is 26.0 Å². The molecule has 6 heteroatoms. The number of aromatic nitrogens is 3. The molecule has 2 aromatic rings.